The number of ether oxygens (including phenoxy) is 4. The molecule has 1 fully saturated rings. The van der Waals surface area contributed by atoms with E-state index in [0.29, 0.717) is 54.9 Å². The van der Waals surface area contributed by atoms with Gasteiger partial charge in [0.1, 0.15) is 17.9 Å². The van der Waals surface area contributed by atoms with Crippen LogP contribution in [-0.4, -0.2) is 72.7 Å². The maximum absolute atomic E-state index is 13.7. The predicted octanol–water partition coefficient (Wildman–Crippen LogP) is 3.36. The molecule has 1 saturated heterocycles. The number of imidazole rings is 1. The zero-order chi connectivity index (χ0) is 30.3. The second-order valence-electron chi connectivity index (χ2n) is 9.91. The molecular formula is C29H35N3O9S. The average Bonchev–Trinajstić information content (AvgIpc) is 3.45. The highest BCUT2D eigenvalue weighted by atomic mass is 32.2. The topological polar surface area (TPSA) is 146 Å². The van der Waals surface area contributed by atoms with Crippen molar-refractivity contribution in [3.8, 4) is 17.2 Å². The van der Waals surface area contributed by atoms with Gasteiger partial charge >= 0.3 is 11.9 Å². The van der Waals surface area contributed by atoms with Crippen LogP contribution in [0.3, 0.4) is 0 Å². The largest absolute Gasteiger partial charge is 0.493 e. The highest BCUT2D eigenvalue weighted by Gasteiger charge is 2.40. The van der Waals surface area contributed by atoms with Gasteiger partial charge in [0.25, 0.3) is 10.0 Å². The number of carbonyl (C=O) groups is 2. The summed E-state index contributed by atoms with van der Waals surface area (Å²) >= 11 is 0. The van der Waals surface area contributed by atoms with Crippen molar-refractivity contribution >= 4 is 22.0 Å². The summed E-state index contributed by atoms with van der Waals surface area (Å²) in [6.45, 7) is -0.352. The predicted molar refractivity (Wildman–Crippen MR) is 151 cm³/mol. The maximum atomic E-state index is 13.7. The highest BCUT2D eigenvalue weighted by Crippen LogP contribution is 2.33. The quantitative estimate of drug-likeness (QED) is 0.289. The number of carboxylic acids is 1. The summed E-state index contributed by atoms with van der Waals surface area (Å²) in [6, 6.07) is 11.2. The van der Waals surface area contributed by atoms with E-state index in [1.807, 2.05) is 12.1 Å². The Morgan fingerprint density at radius 2 is 1.88 bits per heavy atom. The zero-order valence-corrected chi connectivity index (χ0v) is 24.6. The first-order valence-corrected chi connectivity index (χ1v) is 14.9. The molecule has 0 spiro atoms. The number of aromatic nitrogens is 2. The van der Waals surface area contributed by atoms with E-state index in [4.69, 9.17) is 24.1 Å². The molecule has 2 heterocycles. The summed E-state index contributed by atoms with van der Waals surface area (Å²) in [7, 11) is 0.739. The number of piperidine rings is 1. The van der Waals surface area contributed by atoms with Crippen LogP contribution in [0.5, 0.6) is 17.2 Å². The Morgan fingerprint density at radius 1 is 1.10 bits per heavy atom. The Morgan fingerprint density at radius 3 is 2.57 bits per heavy atom. The highest BCUT2D eigenvalue weighted by molar-refractivity contribution is 7.89. The van der Waals surface area contributed by atoms with Crippen molar-refractivity contribution in [3.05, 3.63) is 66.1 Å². The number of hydrogen-bond acceptors (Lipinski definition) is 9. The van der Waals surface area contributed by atoms with Gasteiger partial charge in [-0.25, -0.2) is 18.2 Å². The molecule has 1 aliphatic heterocycles. The van der Waals surface area contributed by atoms with E-state index in [0.717, 1.165) is 5.56 Å². The van der Waals surface area contributed by atoms with Crippen LogP contribution in [-0.2, 0) is 37.8 Å². The molecule has 1 N–H and O–H groups in total. The fraction of sp³-hybridized carbons (Fsp3) is 0.414. The van der Waals surface area contributed by atoms with E-state index >= 15 is 0 Å². The Labute approximate surface area is 244 Å². The second-order valence-corrected chi connectivity index (χ2v) is 11.8. The molecule has 1 aliphatic rings. The Bertz CT molecular complexity index is 1510. The summed E-state index contributed by atoms with van der Waals surface area (Å²) < 4.78 is 51.7. The van der Waals surface area contributed by atoms with Gasteiger partial charge in [-0.15, -0.1) is 0 Å². The molecular weight excluding hydrogens is 566 g/mol. The fourth-order valence-electron chi connectivity index (χ4n) is 4.87. The molecule has 2 aromatic carbocycles. The van der Waals surface area contributed by atoms with Crippen molar-refractivity contribution in [1.82, 2.24) is 13.9 Å². The molecule has 42 heavy (non-hydrogen) atoms. The van der Waals surface area contributed by atoms with Crippen molar-refractivity contribution < 1.29 is 42.1 Å². The van der Waals surface area contributed by atoms with Crippen molar-refractivity contribution in [2.75, 3.05) is 27.4 Å². The lowest BCUT2D eigenvalue weighted by Gasteiger charge is -2.33. The minimum Gasteiger partial charge on any atom is -0.493 e. The molecule has 1 aromatic heterocycles. The molecule has 13 heteroatoms. The SMILES string of the molecule is COc1ccc(CC[C@@H](OC(=O)C2CCCCN2S(=O)(=O)c2cn(C)cn2)c2cccc(OCC(=O)O)c2)cc1OC. The van der Waals surface area contributed by atoms with E-state index in [2.05, 4.69) is 4.98 Å². The first-order valence-electron chi connectivity index (χ1n) is 13.5. The molecule has 12 nitrogen and oxygen atoms in total. The van der Waals surface area contributed by atoms with Crippen LogP contribution < -0.4 is 14.2 Å². The fourth-order valence-corrected chi connectivity index (χ4v) is 6.48. The standard InChI is InChI=1S/C29H35N3O9S/c1-31-17-27(30-19-31)42(36,37)32-14-5-4-9-23(32)29(35)41-24(21-7-6-8-22(16-21)40-18-28(33)34)12-10-20-11-13-25(38-2)26(15-20)39-3/h6-8,11,13,15-17,19,23-24H,4-5,9-10,12,14,18H2,1-3H3,(H,33,34)/t23?,24-/m1/s1. The number of carboxylic acid groups (broad SMARTS) is 1. The lowest BCUT2D eigenvalue weighted by atomic mass is 10.00. The molecule has 2 atom stereocenters. The summed E-state index contributed by atoms with van der Waals surface area (Å²) in [5.74, 6) is -0.338. The van der Waals surface area contributed by atoms with Gasteiger partial charge in [0.15, 0.2) is 23.1 Å². The van der Waals surface area contributed by atoms with Crippen LogP contribution in [0.25, 0.3) is 0 Å². The number of aliphatic carboxylic acids is 1. The lowest BCUT2D eigenvalue weighted by molar-refractivity contribution is -0.155. The molecule has 0 saturated carbocycles. The number of benzene rings is 2. The van der Waals surface area contributed by atoms with Crippen LogP contribution in [0, 0.1) is 0 Å². The molecule has 0 amide bonds. The number of hydrogen-bond donors (Lipinski definition) is 1. The Kier molecular flexibility index (Phi) is 10.1. The molecule has 0 bridgehead atoms. The number of rotatable bonds is 13. The van der Waals surface area contributed by atoms with Crippen LogP contribution >= 0.6 is 0 Å². The first kappa shape index (κ1) is 30.8. The smallest absolute Gasteiger partial charge is 0.341 e. The number of esters is 1. The Hall–Kier alpha value is -4.10. The zero-order valence-electron chi connectivity index (χ0n) is 23.8. The number of sulfonamides is 1. The summed E-state index contributed by atoms with van der Waals surface area (Å²) in [5.41, 5.74) is 1.49. The van der Waals surface area contributed by atoms with Gasteiger partial charge < -0.3 is 28.6 Å². The molecule has 4 rings (SSSR count). The Balaban J connectivity index is 1.60. The van der Waals surface area contributed by atoms with Crippen LogP contribution in [0.4, 0.5) is 0 Å². The molecule has 226 valence electrons. The summed E-state index contributed by atoms with van der Waals surface area (Å²) in [6.07, 6.45) is 4.46. The third kappa shape index (κ3) is 7.39. The molecule has 0 aliphatic carbocycles. The number of methoxy groups -OCH3 is 2. The first-order chi connectivity index (χ1) is 20.1. The number of aryl methyl sites for hydroxylation is 2. The van der Waals surface area contributed by atoms with Crippen molar-refractivity contribution in [3.63, 3.8) is 0 Å². The normalized spacial score (nSPS) is 16.4. The van der Waals surface area contributed by atoms with Gasteiger partial charge in [0.05, 0.1) is 20.5 Å². The van der Waals surface area contributed by atoms with E-state index in [1.54, 1.807) is 51.6 Å². The van der Waals surface area contributed by atoms with E-state index in [1.165, 1.54) is 21.4 Å². The second kappa shape index (κ2) is 13.7. The average molecular weight is 602 g/mol. The van der Waals surface area contributed by atoms with E-state index < -0.39 is 40.7 Å². The van der Waals surface area contributed by atoms with Crippen molar-refractivity contribution in [1.29, 1.82) is 0 Å². The van der Waals surface area contributed by atoms with Gasteiger partial charge in [-0.2, -0.15) is 4.31 Å². The van der Waals surface area contributed by atoms with E-state index in [9.17, 15) is 18.0 Å². The number of carbonyl (C=O) groups excluding carboxylic acids is 1. The monoisotopic (exact) mass is 601 g/mol. The molecule has 0 radical (unpaired) electrons. The van der Waals surface area contributed by atoms with Crippen LogP contribution in [0.1, 0.15) is 42.9 Å². The van der Waals surface area contributed by atoms with Gasteiger partial charge in [0, 0.05) is 19.8 Å². The minimum absolute atomic E-state index is 0.127. The third-order valence-electron chi connectivity index (χ3n) is 6.97. The van der Waals surface area contributed by atoms with E-state index in [-0.39, 0.29) is 11.6 Å². The minimum atomic E-state index is -4.03. The third-order valence-corrected chi connectivity index (χ3v) is 8.77. The molecule has 1 unspecified atom stereocenters. The van der Waals surface area contributed by atoms with Crippen LogP contribution in [0.2, 0.25) is 0 Å². The lowest BCUT2D eigenvalue weighted by Crippen LogP contribution is -2.48. The van der Waals surface area contributed by atoms with Gasteiger partial charge in [0.2, 0.25) is 0 Å². The summed E-state index contributed by atoms with van der Waals surface area (Å²) in [5, 5.41) is 8.88. The van der Waals surface area contributed by atoms with Gasteiger partial charge in [-0.1, -0.05) is 18.2 Å². The summed E-state index contributed by atoms with van der Waals surface area (Å²) in [4.78, 5) is 28.7. The maximum Gasteiger partial charge on any atom is 0.341 e. The van der Waals surface area contributed by atoms with Gasteiger partial charge in [-0.3, -0.25) is 4.79 Å². The van der Waals surface area contributed by atoms with Gasteiger partial charge in [-0.05, 0) is 67.5 Å². The van der Waals surface area contributed by atoms with Crippen molar-refractivity contribution in [2.24, 2.45) is 7.05 Å². The van der Waals surface area contributed by atoms with Crippen LogP contribution in [0.15, 0.2) is 60.0 Å². The van der Waals surface area contributed by atoms with Crippen molar-refractivity contribution in [2.45, 2.75) is 49.3 Å². The number of nitrogens with zero attached hydrogens (tertiary/aromatic N) is 3. The molecule has 3 aromatic rings.